The van der Waals surface area contributed by atoms with Gasteiger partial charge in [0.1, 0.15) is 0 Å². The second-order valence-corrected chi connectivity index (χ2v) is 7.38. The number of methoxy groups -OCH3 is 1. The van der Waals surface area contributed by atoms with Gasteiger partial charge in [0.15, 0.2) is 0 Å². The van der Waals surface area contributed by atoms with E-state index in [1.165, 1.54) is 11.3 Å². The molecule has 0 saturated heterocycles. The Morgan fingerprint density at radius 3 is 2.52 bits per heavy atom. The molecule has 120 valence electrons. The minimum Gasteiger partial charge on any atom is -0.383 e. The molecule has 0 aromatic heterocycles. The predicted octanol–water partition coefficient (Wildman–Crippen LogP) is 4.20. The van der Waals surface area contributed by atoms with Crippen LogP contribution in [0, 0.1) is 0 Å². The SMILES string of the molecule is CCN(c1cc(Br)ccc1CNC(C)(C)C)C(C)COC. The summed E-state index contributed by atoms with van der Waals surface area (Å²) >= 11 is 3.59. The van der Waals surface area contributed by atoms with E-state index in [4.69, 9.17) is 4.74 Å². The lowest BCUT2D eigenvalue weighted by Gasteiger charge is -2.32. The molecule has 1 N–H and O–H groups in total. The second-order valence-electron chi connectivity index (χ2n) is 6.47. The number of benzene rings is 1. The van der Waals surface area contributed by atoms with Crippen LogP contribution in [0.2, 0.25) is 0 Å². The van der Waals surface area contributed by atoms with Gasteiger partial charge in [-0.25, -0.2) is 0 Å². The van der Waals surface area contributed by atoms with Gasteiger partial charge in [0.2, 0.25) is 0 Å². The van der Waals surface area contributed by atoms with E-state index in [2.05, 4.69) is 79.0 Å². The van der Waals surface area contributed by atoms with Gasteiger partial charge in [0.25, 0.3) is 0 Å². The fourth-order valence-electron chi connectivity index (χ4n) is 2.36. The van der Waals surface area contributed by atoms with Crippen LogP contribution in [-0.2, 0) is 11.3 Å². The number of nitrogens with one attached hydrogen (secondary N) is 1. The molecule has 1 aromatic rings. The third kappa shape index (κ3) is 5.97. The number of hydrogen-bond donors (Lipinski definition) is 1. The van der Waals surface area contributed by atoms with Gasteiger partial charge in [-0.05, 0) is 52.3 Å². The number of ether oxygens (including phenoxy) is 1. The molecule has 0 aliphatic rings. The molecule has 0 spiro atoms. The minimum atomic E-state index is 0.111. The fourth-order valence-corrected chi connectivity index (χ4v) is 2.71. The van der Waals surface area contributed by atoms with Crippen molar-refractivity contribution in [3.63, 3.8) is 0 Å². The van der Waals surface area contributed by atoms with Gasteiger partial charge in [-0.2, -0.15) is 0 Å². The van der Waals surface area contributed by atoms with Crippen LogP contribution in [-0.4, -0.2) is 31.8 Å². The Kier molecular flexibility index (Phi) is 7.17. The highest BCUT2D eigenvalue weighted by Crippen LogP contribution is 2.27. The number of nitrogens with zero attached hydrogens (tertiary/aromatic N) is 1. The summed E-state index contributed by atoms with van der Waals surface area (Å²) in [6.45, 7) is 13.5. The van der Waals surface area contributed by atoms with E-state index in [9.17, 15) is 0 Å². The van der Waals surface area contributed by atoms with Crippen LogP contribution in [0.15, 0.2) is 22.7 Å². The summed E-state index contributed by atoms with van der Waals surface area (Å²) < 4.78 is 6.43. The molecule has 1 rings (SSSR count). The summed E-state index contributed by atoms with van der Waals surface area (Å²) in [5.41, 5.74) is 2.70. The lowest BCUT2D eigenvalue weighted by molar-refractivity contribution is 0.182. The zero-order valence-electron chi connectivity index (χ0n) is 14.2. The molecule has 0 heterocycles. The fraction of sp³-hybridized carbons (Fsp3) is 0.647. The summed E-state index contributed by atoms with van der Waals surface area (Å²) in [6.07, 6.45) is 0. The van der Waals surface area contributed by atoms with E-state index in [-0.39, 0.29) is 5.54 Å². The third-order valence-corrected chi connectivity index (χ3v) is 3.94. The Hall–Kier alpha value is -0.580. The van der Waals surface area contributed by atoms with Crippen molar-refractivity contribution in [2.24, 2.45) is 0 Å². The first kappa shape index (κ1) is 18.5. The largest absolute Gasteiger partial charge is 0.383 e. The van der Waals surface area contributed by atoms with Crippen molar-refractivity contribution in [1.82, 2.24) is 5.32 Å². The summed E-state index contributed by atoms with van der Waals surface area (Å²) in [7, 11) is 1.76. The standard InChI is InChI=1S/C17H29BrN2O/c1-7-20(13(2)12-21-6)16-10-15(18)9-8-14(16)11-19-17(3,4)5/h8-10,13,19H,7,11-12H2,1-6H3. The lowest BCUT2D eigenvalue weighted by Crippen LogP contribution is -2.38. The third-order valence-electron chi connectivity index (χ3n) is 3.45. The van der Waals surface area contributed by atoms with E-state index < -0.39 is 0 Å². The number of rotatable bonds is 7. The first-order valence-corrected chi connectivity index (χ1v) is 8.36. The van der Waals surface area contributed by atoms with Crippen LogP contribution in [0.1, 0.15) is 40.2 Å². The molecule has 1 unspecified atom stereocenters. The topological polar surface area (TPSA) is 24.5 Å². The van der Waals surface area contributed by atoms with Crippen molar-refractivity contribution < 1.29 is 4.74 Å². The Labute approximate surface area is 138 Å². The van der Waals surface area contributed by atoms with Gasteiger partial charge >= 0.3 is 0 Å². The minimum absolute atomic E-state index is 0.111. The molecule has 0 amide bonds. The highest BCUT2D eigenvalue weighted by molar-refractivity contribution is 9.10. The first-order valence-electron chi connectivity index (χ1n) is 7.57. The highest BCUT2D eigenvalue weighted by atomic mass is 79.9. The van der Waals surface area contributed by atoms with Crippen molar-refractivity contribution in [3.05, 3.63) is 28.2 Å². The summed E-state index contributed by atoms with van der Waals surface area (Å²) in [6, 6.07) is 6.86. The zero-order chi connectivity index (χ0) is 16.0. The Bertz CT molecular complexity index is 443. The Morgan fingerprint density at radius 1 is 1.33 bits per heavy atom. The lowest BCUT2D eigenvalue weighted by atomic mass is 10.1. The van der Waals surface area contributed by atoms with Crippen molar-refractivity contribution in [2.45, 2.75) is 52.7 Å². The maximum Gasteiger partial charge on any atom is 0.0663 e. The molecular weight excluding hydrogens is 328 g/mol. The van der Waals surface area contributed by atoms with E-state index >= 15 is 0 Å². The number of halogens is 1. The molecule has 1 aromatic carbocycles. The number of anilines is 1. The van der Waals surface area contributed by atoms with Crippen LogP contribution in [0.25, 0.3) is 0 Å². The van der Waals surface area contributed by atoms with Crippen LogP contribution < -0.4 is 10.2 Å². The van der Waals surface area contributed by atoms with E-state index in [1.54, 1.807) is 7.11 Å². The van der Waals surface area contributed by atoms with Crippen LogP contribution in [0.4, 0.5) is 5.69 Å². The summed E-state index contributed by atoms with van der Waals surface area (Å²) in [5.74, 6) is 0. The van der Waals surface area contributed by atoms with E-state index in [0.717, 1.165) is 24.2 Å². The smallest absolute Gasteiger partial charge is 0.0663 e. The average molecular weight is 357 g/mol. The average Bonchev–Trinajstić information content (AvgIpc) is 2.38. The van der Waals surface area contributed by atoms with Gasteiger partial charge in [-0.1, -0.05) is 22.0 Å². The van der Waals surface area contributed by atoms with E-state index in [0.29, 0.717) is 6.04 Å². The first-order chi connectivity index (χ1) is 9.78. The van der Waals surface area contributed by atoms with Crippen molar-refractivity contribution in [3.8, 4) is 0 Å². The van der Waals surface area contributed by atoms with Crippen LogP contribution in [0.5, 0.6) is 0 Å². The molecule has 21 heavy (non-hydrogen) atoms. The molecule has 0 fully saturated rings. The maximum absolute atomic E-state index is 5.32. The van der Waals surface area contributed by atoms with Gasteiger partial charge in [-0.3, -0.25) is 0 Å². The molecule has 0 bridgehead atoms. The second kappa shape index (κ2) is 8.16. The molecule has 1 atom stereocenters. The summed E-state index contributed by atoms with van der Waals surface area (Å²) in [4.78, 5) is 2.40. The van der Waals surface area contributed by atoms with Crippen molar-refractivity contribution in [2.75, 3.05) is 25.2 Å². The molecule has 0 aliphatic heterocycles. The molecule has 3 nitrogen and oxygen atoms in total. The molecule has 0 aliphatic carbocycles. The zero-order valence-corrected chi connectivity index (χ0v) is 15.8. The van der Waals surface area contributed by atoms with Gasteiger partial charge in [0.05, 0.1) is 6.61 Å². The quantitative estimate of drug-likeness (QED) is 0.792. The van der Waals surface area contributed by atoms with Crippen LogP contribution >= 0.6 is 15.9 Å². The van der Waals surface area contributed by atoms with Gasteiger partial charge in [0, 0.05) is 41.9 Å². The van der Waals surface area contributed by atoms with Gasteiger partial charge < -0.3 is 15.0 Å². The highest BCUT2D eigenvalue weighted by Gasteiger charge is 2.17. The maximum atomic E-state index is 5.32. The van der Waals surface area contributed by atoms with Crippen LogP contribution in [0.3, 0.4) is 0 Å². The molecule has 0 radical (unpaired) electrons. The molecule has 4 heteroatoms. The normalized spacial score (nSPS) is 13.3. The Morgan fingerprint density at radius 2 is 2.00 bits per heavy atom. The number of likely N-dealkylation sites (N-methyl/N-ethyl adjacent to an activating group) is 1. The van der Waals surface area contributed by atoms with Gasteiger partial charge in [-0.15, -0.1) is 0 Å². The summed E-state index contributed by atoms with van der Waals surface area (Å²) in [5, 5.41) is 3.57. The number of hydrogen-bond acceptors (Lipinski definition) is 3. The molecule has 0 saturated carbocycles. The van der Waals surface area contributed by atoms with Crippen molar-refractivity contribution >= 4 is 21.6 Å². The Balaban J connectivity index is 3.04. The van der Waals surface area contributed by atoms with Crippen molar-refractivity contribution in [1.29, 1.82) is 0 Å². The monoisotopic (exact) mass is 356 g/mol. The predicted molar refractivity (Wildman–Crippen MR) is 95.1 cm³/mol. The van der Waals surface area contributed by atoms with E-state index in [1.807, 2.05) is 0 Å². The molecular formula is C17H29BrN2O.